The molecule has 0 radical (unpaired) electrons. The molecule has 2 rings (SSSR count). The monoisotopic (exact) mass is 232 g/mol. The van der Waals surface area contributed by atoms with Crippen LogP contribution in [0.5, 0.6) is 5.75 Å². The summed E-state index contributed by atoms with van der Waals surface area (Å²) in [6, 6.07) is 7.72. The Morgan fingerprint density at radius 2 is 2.06 bits per heavy atom. The highest BCUT2D eigenvalue weighted by Crippen LogP contribution is 2.22. The number of nitrogens with zero attached hydrogens (tertiary/aromatic N) is 1. The largest absolute Gasteiger partial charge is 0.497 e. The molecule has 17 heavy (non-hydrogen) atoms. The first-order valence-corrected chi connectivity index (χ1v) is 5.63. The third-order valence-electron chi connectivity index (χ3n) is 2.45. The van der Waals surface area contributed by atoms with Crippen LogP contribution in [0.3, 0.4) is 0 Å². The molecule has 0 aliphatic carbocycles. The lowest BCUT2D eigenvalue weighted by molar-refractivity contribution is 0.415. The van der Waals surface area contributed by atoms with Crippen molar-refractivity contribution in [1.82, 2.24) is 10.3 Å². The SMILES string of the molecule is CCNCc1ncc(-c2ccc(OC)cc2)o1. The van der Waals surface area contributed by atoms with Crippen LogP contribution in [0.2, 0.25) is 0 Å². The Kier molecular flexibility index (Phi) is 3.77. The fraction of sp³-hybridized carbons (Fsp3) is 0.308. The molecular formula is C13H16N2O2. The average molecular weight is 232 g/mol. The molecule has 0 unspecified atom stereocenters. The molecule has 1 heterocycles. The van der Waals surface area contributed by atoms with Crippen molar-refractivity contribution >= 4 is 0 Å². The van der Waals surface area contributed by atoms with Crippen LogP contribution in [0.15, 0.2) is 34.9 Å². The molecule has 0 spiro atoms. The zero-order chi connectivity index (χ0) is 12.1. The van der Waals surface area contributed by atoms with Crippen molar-refractivity contribution in [2.75, 3.05) is 13.7 Å². The van der Waals surface area contributed by atoms with Gasteiger partial charge in [0.15, 0.2) is 5.76 Å². The van der Waals surface area contributed by atoms with Gasteiger partial charge in [-0.3, -0.25) is 0 Å². The van der Waals surface area contributed by atoms with Gasteiger partial charge < -0.3 is 14.5 Å². The maximum absolute atomic E-state index is 5.63. The van der Waals surface area contributed by atoms with Crippen LogP contribution < -0.4 is 10.1 Å². The molecule has 1 aromatic heterocycles. The first kappa shape index (κ1) is 11.7. The van der Waals surface area contributed by atoms with Gasteiger partial charge in [0, 0.05) is 5.56 Å². The molecule has 0 bridgehead atoms. The summed E-state index contributed by atoms with van der Waals surface area (Å²) in [4.78, 5) is 4.21. The Labute approximate surface area is 101 Å². The fourth-order valence-electron chi connectivity index (χ4n) is 1.51. The van der Waals surface area contributed by atoms with E-state index in [-0.39, 0.29) is 0 Å². The van der Waals surface area contributed by atoms with E-state index < -0.39 is 0 Å². The minimum absolute atomic E-state index is 0.659. The lowest BCUT2D eigenvalue weighted by Crippen LogP contribution is -2.11. The van der Waals surface area contributed by atoms with Crippen molar-refractivity contribution in [2.45, 2.75) is 13.5 Å². The number of methoxy groups -OCH3 is 1. The van der Waals surface area contributed by atoms with Crippen LogP contribution in [0.1, 0.15) is 12.8 Å². The molecule has 1 aromatic carbocycles. The predicted molar refractivity (Wildman–Crippen MR) is 65.9 cm³/mol. The molecule has 0 saturated carbocycles. The van der Waals surface area contributed by atoms with Crippen LogP contribution in [0.25, 0.3) is 11.3 Å². The predicted octanol–water partition coefficient (Wildman–Crippen LogP) is 2.46. The highest BCUT2D eigenvalue weighted by Gasteiger charge is 2.05. The van der Waals surface area contributed by atoms with E-state index in [9.17, 15) is 0 Å². The normalized spacial score (nSPS) is 10.5. The van der Waals surface area contributed by atoms with E-state index in [1.165, 1.54) is 0 Å². The molecule has 0 fully saturated rings. The van der Waals surface area contributed by atoms with Gasteiger partial charge in [-0.1, -0.05) is 6.92 Å². The van der Waals surface area contributed by atoms with Crippen molar-refractivity contribution in [1.29, 1.82) is 0 Å². The smallest absolute Gasteiger partial charge is 0.208 e. The molecule has 0 amide bonds. The highest BCUT2D eigenvalue weighted by molar-refractivity contribution is 5.57. The summed E-state index contributed by atoms with van der Waals surface area (Å²) in [6.07, 6.45) is 1.74. The van der Waals surface area contributed by atoms with E-state index in [1.807, 2.05) is 31.2 Å². The number of hydrogen-bond donors (Lipinski definition) is 1. The summed E-state index contributed by atoms with van der Waals surface area (Å²) in [5.41, 5.74) is 1.00. The van der Waals surface area contributed by atoms with E-state index in [2.05, 4.69) is 10.3 Å². The molecule has 1 N–H and O–H groups in total. The minimum atomic E-state index is 0.659. The molecular weight excluding hydrogens is 216 g/mol. The summed E-state index contributed by atoms with van der Waals surface area (Å²) in [5, 5.41) is 3.17. The van der Waals surface area contributed by atoms with E-state index in [1.54, 1.807) is 13.3 Å². The van der Waals surface area contributed by atoms with Gasteiger partial charge in [-0.2, -0.15) is 0 Å². The number of aromatic nitrogens is 1. The summed E-state index contributed by atoms with van der Waals surface area (Å²) in [5.74, 6) is 2.32. The van der Waals surface area contributed by atoms with Crippen molar-refractivity contribution in [3.8, 4) is 17.1 Å². The number of hydrogen-bond acceptors (Lipinski definition) is 4. The average Bonchev–Trinajstić information content (AvgIpc) is 2.85. The zero-order valence-corrected chi connectivity index (χ0v) is 10.1. The second kappa shape index (κ2) is 5.50. The Balaban J connectivity index is 2.12. The zero-order valence-electron chi connectivity index (χ0n) is 10.1. The van der Waals surface area contributed by atoms with E-state index in [0.29, 0.717) is 12.4 Å². The van der Waals surface area contributed by atoms with E-state index >= 15 is 0 Å². The van der Waals surface area contributed by atoms with Gasteiger partial charge in [-0.15, -0.1) is 0 Å². The Morgan fingerprint density at radius 3 is 2.71 bits per heavy atom. The van der Waals surface area contributed by atoms with Crippen LogP contribution in [0, 0.1) is 0 Å². The molecule has 0 saturated heterocycles. The lowest BCUT2D eigenvalue weighted by Gasteiger charge is -2.00. The van der Waals surface area contributed by atoms with Crippen LogP contribution in [-0.4, -0.2) is 18.6 Å². The van der Waals surface area contributed by atoms with Gasteiger partial charge in [0.05, 0.1) is 19.9 Å². The van der Waals surface area contributed by atoms with Gasteiger partial charge in [0.2, 0.25) is 5.89 Å². The molecule has 2 aromatic rings. The molecule has 0 aliphatic heterocycles. The number of ether oxygens (including phenoxy) is 1. The summed E-state index contributed by atoms with van der Waals surface area (Å²) < 4.78 is 10.7. The van der Waals surface area contributed by atoms with Gasteiger partial charge in [-0.05, 0) is 30.8 Å². The van der Waals surface area contributed by atoms with Crippen molar-refractivity contribution < 1.29 is 9.15 Å². The van der Waals surface area contributed by atoms with E-state index in [4.69, 9.17) is 9.15 Å². The first-order valence-electron chi connectivity index (χ1n) is 5.63. The second-order valence-electron chi connectivity index (χ2n) is 3.63. The quantitative estimate of drug-likeness (QED) is 0.860. The third kappa shape index (κ3) is 2.85. The highest BCUT2D eigenvalue weighted by atomic mass is 16.5. The van der Waals surface area contributed by atoms with Gasteiger partial charge >= 0.3 is 0 Å². The molecule has 4 heteroatoms. The topological polar surface area (TPSA) is 47.3 Å². The lowest BCUT2D eigenvalue weighted by atomic mass is 10.2. The van der Waals surface area contributed by atoms with Gasteiger partial charge in [0.25, 0.3) is 0 Å². The molecule has 90 valence electrons. The summed E-state index contributed by atoms with van der Waals surface area (Å²) >= 11 is 0. The summed E-state index contributed by atoms with van der Waals surface area (Å²) in [6.45, 7) is 3.61. The van der Waals surface area contributed by atoms with Gasteiger partial charge in [-0.25, -0.2) is 4.98 Å². The Bertz CT molecular complexity index is 463. The number of nitrogens with one attached hydrogen (secondary N) is 1. The standard InChI is InChI=1S/C13H16N2O2/c1-3-14-9-13-15-8-12(17-13)10-4-6-11(16-2)7-5-10/h4-8,14H,3,9H2,1-2H3. The Morgan fingerprint density at radius 1 is 1.29 bits per heavy atom. The van der Waals surface area contributed by atoms with Crippen molar-refractivity contribution in [3.63, 3.8) is 0 Å². The summed E-state index contributed by atoms with van der Waals surface area (Å²) in [7, 11) is 1.65. The maximum atomic E-state index is 5.63. The molecule has 0 aliphatic rings. The van der Waals surface area contributed by atoms with Crippen molar-refractivity contribution in [3.05, 3.63) is 36.4 Å². The first-order chi connectivity index (χ1) is 8.33. The molecule has 0 atom stereocenters. The van der Waals surface area contributed by atoms with Crippen LogP contribution in [-0.2, 0) is 6.54 Å². The maximum Gasteiger partial charge on any atom is 0.208 e. The minimum Gasteiger partial charge on any atom is -0.497 e. The van der Waals surface area contributed by atoms with Crippen LogP contribution >= 0.6 is 0 Å². The van der Waals surface area contributed by atoms with Crippen molar-refractivity contribution in [2.24, 2.45) is 0 Å². The fourth-order valence-corrected chi connectivity index (χ4v) is 1.51. The third-order valence-corrected chi connectivity index (χ3v) is 2.45. The van der Waals surface area contributed by atoms with Gasteiger partial charge in [0.1, 0.15) is 5.75 Å². The molecule has 4 nitrogen and oxygen atoms in total. The number of rotatable bonds is 5. The number of oxazole rings is 1. The van der Waals surface area contributed by atoms with E-state index in [0.717, 1.165) is 23.6 Å². The van der Waals surface area contributed by atoms with Crippen LogP contribution in [0.4, 0.5) is 0 Å². The Hall–Kier alpha value is -1.81. The second-order valence-corrected chi connectivity index (χ2v) is 3.63. The number of benzene rings is 1.